The van der Waals surface area contributed by atoms with E-state index in [1.165, 1.54) is 17.7 Å². The van der Waals surface area contributed by atoms with Gasteiger partial charge in [-0.2, -0.15) is 0 Å². The maximum Gasteiger partial charge on any atom is 0.269 e. The Balaban J connectivity index is 1.70. The molecule has 0 spiro atoms. The number of ketones is 1. The molecule has 1 atom stereocenters. The average molecular weight is 267 g/mol. The number of benzene rings is 2. The molecule has 4 heteroatoms. The Morgan fingerprint density at radius 1 is 1.15 bits per heavy atom. The van der Waals surface area contributed by atoms with Gasteiger partial charge in [-0.25, -0.2) is 0 Å². The predicted molar refractivity (Wildman–Crippen MR) is 74.7 cm³/mol. The molecule has 2 aromatic rings. The number of nitro groups is 1. The lowest BCUT2D eigenvalue weighted by Gasteiger charge is -2.28. The van der Waals surface area contributed by atoms with Crippen LogP contribution in [0.25, 0.3) is 0 Å². The number of hydrogen-bond acceptors (Lipinski definition) is 3. The summed E-state index contributed by atoms with van der Waals surface area (Å²) in [5.74, 6) is 0.166. The lowest BCUT2D eigenvalue weighted by atomic mass is 9.74. The number of non-ortho nitro benzene ring substituents is 1. The van der Waals surface area contributed by atoms with Gasteiger partial charge in [-0.15, -0.1) is 0 Å². The Morgan fingerprint density at radius 3 is 2.50 bits per heavy atom. The predicted octanol–water partition coefficient (Wildman–Crippen LogP) is 3.05. The van der Waals surface area contributed by atoms with Crippen molar-refractivity contribution in [3.8, 4) is 0 Å². The maximum absolute atomic E-state index is 12.2. The Labute approximate surface area is 116 Å². The van der Waals surface area contributed by atoms with E-state index in [9.17, 15) is 14.9 Å². The first-order valence-corrected chi connectivity index (χ1v) is 6.49. The number of carbonyl (C=O) groups is 1. The smallest absolute Gasteiger partial charge is 0.269 e. The summed E-state index contributed by atoms with van der Waals surface area (Å²) < 4.78 is 0. The van der Waals surface area contributed by atoms with Gasteiger partial charge >= 0.3 is 0 Å². The molecule has 2 aromatic carbocycles. The first-order chi connectivity index (χ1) is 9.65. The molecule has 0 saturated carbocycles. The molecule has 0 heterocycles. The molecular formula is C16H13NO3. The van der Waals surface area contributed by atoms with Crippen molar-refractivity contribution in [1.29, 1.82) is 0 Å². The van der Waals surface area contributed by atoms with Crippen LogP contribution < -0.4 is 0 Å². The van der Waals surface area contributed by atoms with Gasteiger partial charge in [0.15, 0.2) is 0 Å². The van der Waals surface area contributed by atoms with Crippen LogP contribution in [0.5, 0.6) is 0 Å². The normalized spacial score (nSPS) is 16.1. The van der Waals surface area contributed by atoms with Crippen LogP contribution in [0.2, 0.25) is 0 Å². The Morgan fingerprint density at radius 2 is 1.85 bits per heavy atom. The fraction of sp³-hybridized carbons (Fsp3) is 0.188. The first kappa shape index (κ1) is 12.5. The van der Waals surface area contributed by atoms with Crippen molar-refractivity contribution >= 4 is 11.5 Å². The van der Waals surface area contributed by atoms with E-state index in [1.807, 2.05) is 24.3 Å². The molecule has 20 heavy (non-hydrogen) atoms. The van der Waals surface area contributed by atoms with Crippen molar-refractivity contribution in [1.82, 2.24) is 0 Å². The number of carbonyl (C=O) groups excluding carboxylic acids is 1. The van der Waals surface area contributed by atoms with E-state index in [0.717, 1.165) is 17.5 Å². The second-order valence-corrected chi connectivity index (χ2v) is 5.02. The minimum Gasteiger partial charge on any atom is -0.299 e. The second-order valence-electron chi connectivity index (χ2n) is 5.02. The highest BCUT2D eigenvalue weighted by molar-refractivity contribution is 5.90. The van der Waals surface area contributed by atoms with Crippen LogP contribution in [0.15, 0.2) is 48.5 Å². The van der Waals surface area contributed by atoms with Crippen LogP contribution in [0, 0.1) is 10.1 Å². The molecule has 1 unspecified atom stereocenters. The summed E-state index contributed by atoms with van der Waals surface area (Å²) in [6, 6.07) is 14.2. The standard InChI is InChI=1S/C16H13NO3/c18-16(15-10-12-3-1-2-4-14(12)15)9-11-5-7-13(8-6-11)17(19)20/h1-8,15H,9-10H2. The van der Waals surface area contributed by atoms with Gasteiger partial charge in [0, 0.05) is 24.5 Å². The van der Waals surface area contributed by atoms with Gasteiger partial charge in [0.25, 0.3) is 5.69 Å². The van der Waals surface area contributed by atoms with Crippen LogP contribution in [-0.4, -0.2) is 10.7 Å². The summed E-state index contributed by atoms with van der Waals surface area (Å²) in [4.78, 5) is 22.4. The fourth-order valence-electron chi connectivity index (χ4n) is 2.61. The third-order valence-corrected chi connectivity index (χ3v) is 3.77. The summed E-state index contributed by atoms with van der Waals surface area (Å²) in [5.41, 5.74) is 3.24. The van der Waals surface area contributed by atoms with Crippen molar-refractivity contribution in [2.75, 3.05) is 0 Å². The van der Waals surface area contributed by atoms with E-state index in [4.69, 9.17) is 0 Å². The molecule has 3 rings (SSSR count). The quantitative estimate of drug-likeness (QED) is 0.632. The topological polar surface area (TPSA) is 60.2 Å². The monoisotopic (exact) mass is 267 g/mol. The fourth-order valence-corrected chi connectivity index (χ4v) is 2.61. The van der Waals surface area contributed by atoms with E-state index in [-0.39, 0.29) is 17.4 Å². The molecule has 0 saturated heterocycles. The zero-order chi connectivity index (χ0) is 14.1. The minimum atomic E-state index is -0.437. The number of fused-ring (bicyclic) bond motifs is 1. The van der Waals surface area contributed by atoms with Gasteiger partial charge in [0.05, 0.1) is 4.92 Å². The molecule has 0 N–H and O–H groups in total. The summed E-state index contributed by atoms with van der Waals surface area (Å²) in [5, 5.41) is 10.6. The SMILES string of the molecule is O=C(Cc1ccc([N+](=O)[O-])cc1)C1Cc2ccccc21. The van der Waals surface area contributed by atoms with E-state index in [0.29, 0.717) is 6.42 Å². The number of hydrogen-bond donors (Lipinski definition) is 0. The van der Waals surface area contributed by atoms with Gasteiger partial charge in [0.2, 0.25) is 0 Å². The van der Waals surface area contributed by atoms with Crippen LogP contribution in [-0.2, 0) is 17.6 Å². The number of nitrogens with zero attached hydrogens (tertiary/aromatic N) is 1. The first-order valence-electron chi connectivity index (χ1n) is 6.49. The summed E-state index contributed by atoms with van der Waals surface area (Å²) in [7, 11) is 0. The van der Waals surface area contributed by atoms with Crippen LogP contribution in [0.4, 0.5) is 5.69 Å². The van der Waals surface area contributed by atoms with Gasteiger partial charge in [-0.05, 0) is 23.1 Å². The van der Waals surface area contributed by atoms with Gasteiger partial charge < -0.3 is 0 Å². The molecule has 0 bridgehead atoms. The third kappa shape index (κ3) is 2.20. The van der Waals surface area contributed by atoms with E-state index < -0.39 is 4.92 Å². The average Bonchev–Trinajstić information content (AvgIpc) is 2.41. The molecule has 1 aliphatic rings. The Bertz CT molecular complexity index is 676. The third-order valence-electron chi connectivity index (χ3n) is 3.77. The molecular weight excluding hydrogens is 254 g/mol. The van der Waals surface area contributed by atoms with Crippen LogP contribution in [0.3, 0.4) is 0 Å². The zero-order valence-corrected chi connectivity index (χ0v) is 10.8. The number of Topliss-reactive ketones (excluding diaryl/α,β-unsaturated/α-hetero) is 1. The summed E-state index contributed by atoms with van der Waals surface area (Å²) in [6.45, 7) is 0. The van der Waals surface area contributed by atoms with Crippen molar-refractivity contribution in [3.05, 3.63) is 75.3 Å². The molecule has 0 amide bonds. The van der Waals surface area contributed by atoms with E-state index in [1.54, 1.807) is 12.1 Å². The number of nitro benzene ring substituents is 1. The lowest BCUT2D eigenvalue weighted by Crippen LogP contribution is -2.26. The van der Waals surface area contributed by atoms with E-state index in [2.05, 4.69) is 0 Å². The zero-order valence-electron chi connectivity index (χ0n) is 10.8. The molecule has 0 aliphatic heterocycles. The number of rotatable bonds is 4. The van der Waals surface area contributed by atoms with Crippen molar-refractivity contribution in [2.45, 2.75) is 18.8 Å². The maximum atomic E-state index is 12.2. The highest BCUT2D eigenvalue weighted by Gasteiger charge is 2.31. The molecule has 0 fully saturated rings. The van der Waals surface area contributed by atoms with Crippen molar-refractivity contribution < 1.29 is 9.72 Å². The largest absolute Gasteiger partial charge is 0.299 e. The van der Waals surface area contributed by atoms with Crippen molar-refractivity contribution in [3.63, 3.8) is 0 Å². The molecule has 4 nitrogen and oxygen atoms in total. The highest BCUT2D eigenvalue weighted by atomic mass is 16.6. The van der Waals surface area contributed by atoms with Crippen LogP contribution in [0.1, 0.15) is 22.6 Å². The van der Waals surface area contributed by atoms with Crippen LogP contribution >= 0.6 is 0 Å². The Hall–Kier alpha value is -2.49. The Kier molecular flexibility index (Phi) is 3.06. The molecule has 100 valence electrons. The molecule has 1 aliphatic carbocycles. The lowest BCUT2D eigenvalue weighted by molar-refractivity contribution is -0.384. The second kappa shape index (κ2) is 4.89. The van der Waals surface area contributed by atoms with Gasteiger partial charge in [0.1, 0.15) is 5.78 Å². The molecule has 0 aromatic heterocycles. The molecule has 0 radical (unpaired) electrons. The van der Waals surface area contributed by atoms with Crippen molar-refractivity contribution in [2.24, 2.45) is 0 Å². The van der Waals surface area contributed by atoms with Gasteiger partial charge in [-0.1, -0.05) is 36.4 Å². The summed E-state index contributed by atoms with van der Waals surface area (Å²) in [6.07, 6.45) is 1.14. The van der Waals surface area contributed by atoms with Gasteiger partial charge in [-0.3, -0.25) is 14.9 Å². The minimum absolute atomic E-state index is 0.0126. The highest BCUT2D eigenvalue weighted by Crippen LogP contribution is 2.36. The van der Waals surface area contributed by atoms with E-state index >= 15 is 0 Å². The summed E-state index contributed by atoms with van der Waals surface area (Å²) >= 11 is 0.